The topological polar surface area (TPSA) is 78.9 Å². The highest BCUT2D eigenvalue weighted by molar-refractivity contribution is 5.71. The van der Waals surface area contributed by atoms with Gasteiger partial charge in [-0.05, 0) is 103 Å². The van der Waals surface area contributed by atoms with Gasteiger partial charge in [0.2, 0.25) is 0 Å². The third-order valence-corrected chi connectivity index (χ3v) is 10.6. The largest absolute Gasteiger partial charge is 0.462 e. The van der Waals surface area contributed by atoms with Crippen molar-refractivity contribution < 1.29 is 28.6 Å². The fourth-order valence-electron chi connectivity index (χ4n) is 6.71. The Kier molecular flexibility index (Phi) is 48.5. The van der Waals surface area contributed by atoms with Gasteiger partial charge in [0.25, 0.3) is 0 Å². The maximum atomic E-state index is 12.8. The summed E-state index contributed by atoms with van der Waals surface area (Å²) in [7, 11) is 0. The zero-order valence-electron chi connectivity index (χ0n) is 41.3. The lowest BCUT2D eigenvalue weighted by Gasteiger charge is -2.18. The number of rotatable bonds is 45. The van der Waals surface area contributed by atoms with Gasteiger partial charge >= 0.3 is 17.9 Å². The molecule has 0 aromatic heterocycles. The molecular weight excluding hydrogens is 793 g/mol. The van der Waals surface area contributed by atoms with Crippen molar-refractivity contribution in [3.63, 3.8) is 0 Å². The Morgan fingerprint density at radius 3 is 1.19 bits per heavy atom. The van der Waals surface area contributed by atoms with Crippen LogP contribution < -0.4 is 0 Å². The van der Waals surface area contributed by atoms with Crippen LogP contribution in [0.2, 0.25) is 0 Å². The molecule has 0 spiro atoms. The van der Waals surface area contributed by atoms with E-state index in [-0.39, 0.29) is 37.5 Å². The van der Waals surface area contributed by atoms with Crippen LogP contribution in [-0.4, -0.2) is 37.2 Å². The quantitative estimate of drug-likeness (QED) is 0.0199. The van der Waals surface area contributed by atoms with Crippen LogP contribution in [0, 0.1) is 0 Å². The van der Waals surface area contributed by atoms with Crippen LogP contribution in [0.15, 0.2) is 109 Å². The second-order valence-electron chi connectivity index (χ2n) is 16.7. The molecular formula is C58H94O6. The number of carbonyl (C=O) groups is 3. The van der Waals surface area contributed by atoms with Gasteiger partial charge in [0, 0.05) is 19.3 Å². The smallest absolute Gasteiger partial charge is 0.306 e. The molecule has 0 aliphatic carbocycles. The Bertz CT molecular complexity index is 1340. The third kappa shape index (κ3) is 49.1. The molecule has 6 heteroatoms. The van der Waals surface area contributed by atoms with Gasteiger partial charge in [-0.25, -0.2) is 0 Å². The Balaban J connectivity index is 4.53. The van der Waals surface area contributed by atoms with Crippen molar-refractivity contribution in [2.45, 2.75) is 226 Å². The van der Waals surface area contributed by atoms with Gasteiger partial charge in [0.15, 0.2) is 6.10 Å². The maximum absolute atomic E-state index is 12.8. The summed E-state index contributed by atoms with van der Waals surface area (Å²) in [4.78, 5) is 38.0. The molecule has 362 valence electrons. The molecule has 0 saturated carbocycles. The predicted molar refractivity (Wildman–Crippen MR) is 274 cm³/mol. The van der Waals surface area contributed by atoms with Crippen LogP contribution in [0.5, 0.6) is 0 Å². The number of unbranched alkanes of at least 4 members (excludes halogenated alkanes) is 18. The van der Waals surface area contributed by atoms with Gasteiger partial charge in [0.05, 0.1) is 0 Å². The predicted octanol–water partition coefficient (Wildman–Crippen LogP) is 17.1. The lowest BCUT2D eigenvalue weighted by atomic mass is 10.1. The first-order chi connectivity index (χ1) is 31.5. The highest BCUT2D eigenvalue weighted by Crippen LogP contribution is 2.13. The van der Waals surface area contributed by atoms with Crippen LogP contribution in [0.3, 0.4) is 0 Å². The zero-order valence-corrected chi connectivity index (χ0v) is 41.3. The fourth-order valence-corrected chi connectivity index (χ4v) is 6.71. The molecule has 0 aromatic rings. The van der Waals surface area contributed by atoms with Crippen molar-refractivity contribution in [3.05, 3.63) is 109 Å². The molecule has 0 aliphatic heterocycles. The first kappa shape index (κ1) is 60.1. The summed E-state index contributed by atoms with van der Waals surface area (Å²) < 4.78 is 16.7. The summed E-state index contributed by atoms with van der Waals surface area (Å²) in [5, 5.41) is 0. The standard InChI is InChI=1S/C58H94O6/c1-4-7-10-13-16-19-22-25-28-29-31-33-36-39-42-45-48-51-57(60)63-54-55(53-62-56(59)50-47-44-41-38-35-32-27-24-21-18-15-12-9-6-3)64-58(61)52-49-46-43-40-37-34-30-26-23-20-17-14-11-8-5-2/h8-9,11-12,14,17-18,20-21,23,25,27-28,31-33,39,42,55H,4-7,10,13,15-16,19,22,24,26,29-30,34-38,40-41,43-54H2,1-3H3/b11-8-,12-9-,17-14-,21-18-,23-20-,28-25-,32-27-,33-31-,42-39-. The van der Waals surface area contributed by atoms with Crippen molar-refractivity contribution in [1.82, 2.24) is 0 Å². The van der Waals surface area contributed by atoms with Gasteiger partial charge in [-0.2, -0.15) is 0 Å². The summed E-state index contributed by atoms with van der Waals surface area (Å²) >= 11 is 0. The van der Waals surface area contributed by atoms with Crippen molar-refractivity contribution in [2.24, 2.45) is 0 Å². The number of ether oxygens (including phenoxy) is 3. The molecule has 1 unspecified atom stereocenters. The van der Waals surface area contributed by atoms with E-state index in [1.165, 1.54) is 64.2 Å². The number of allylic oxidation sites excluding steroid dienone is 18. The van der Waals surface area contributed by atoms with E-state index >= 15 is 0 Å². The normalized spacial score (nSPS) is 13.0. The van der Waals surface area contributed by atoms with Gasteiger partial charge in [-0.3, -0.25) is 14.4 Å². The summed E-state index contributed by atoms with van der Waals surface area (Å²) in [6.07, 6.45) is 69.3. The molecule has 0 aliphatic rings. The first-order valence-corrected chi connectivity index (χ1v) is 25.9. The molecule has 0 rings (SSSR count). The highest BCUT2D eigenvalue weighted by atomic mass is 16.6. The van der Waals surface area contributed by atoms with Crippen LogP contribution in [-0.2, 0) is 28.6 Å². The van der Waals surface area contributed by atoms with Gasteiger partial charge < -0.3 is 14.2 Å². The second kappa shape index (κ2) is 51.7. The van der Waals surface area contributed by atoms with E-state index in [0.29, 0.717) is 19.3 Å². The van der Waals surface area contributed by atoms with E-state index < -0.39 is 6.10 Å². The fraction of sp³-hybridized carbons (Fsp3) is 0.638. The molecule has 0 saturated heterocycles. The average molecular weight is 887 g/mol. The molecule has 6 nitrogen and oxygen atoms in total. The van der Waals surface area contributed by atoms with E-state index in [2.05, 4.69) is 130 Å². The molecule has 0 fully saturated rings. The Morgan fingerprint density at radius 2 is 0.703 bits per heavy atom. The molecule has 64 heavy (non-hydrogen) atoms. The monoisotopic (exact) mass is 887 g/mol. The number of carbonyl (C=O) groups excluding carboxylic acids is 3. The lowest BCUT2D eigenvalue weighted by Crippen LogP contribution is -2.30. The van der Waals surface area contributed by atoms with Crippen molar-refractivity contribution in [1.29, 1.82) is 0 Å². The zero-order chi connectivity index (χ0) is 46.5. The minimum Gasteiger partial charge on any atom is -0.462 e. The first-order valence-electron chi connectivity index (χ1n) is 25.9. The lowest BCUT2D eigenvalue weighted by molar-refractivity contribution is -0.167. The number of esters is 3. The van der Waals surface area contributed by atoms with Crippen molar-refractivity contribution in [3.8, 4) is 0 Å². The molecule has 0 aromatic carbocycles. The van der Waals surface area contributed by atoms with E-state index in [0.717, 1.165) is 109 Å². The molecule has 0 bridgehead atoms. The minimum absolute atomic E-state index is 0.113. The summed E-state index contributed by atoms with van der Waals surface area (Å²) in [6, 6.07) is 0. The number of hydrogen-bond acceptors (Lipinski definition) is 6. The summed E-state index contributed by atoms with van der Waals surface area (Å²) in [5.74, 6) is -1.00. The molecule has 0 heterocycles. The van der Waals surface area contributed by atoms with Crippen LogP contribution in [0.4, 0.5) is 0 Å². The SMILES string of the molecule is CC\C=C/C=C\C=C/CCCCCCCCCC(=O)OC(COC(=O)CCC/C=C\C/C=C\C/C=C\CCCCCCCC)COC(=O)CCCCCC/C=C\C/C=C\C/C=C\CC. The van der Waals surface area contributed by atoms with Crippen LogP contribution in [0.25, 0.3) is 0 Å². The van der Waals surface area contributed by atoms with Crippen LogP contribution in [0.1, 0.15) is 220 Å². The van der Waals surface area contributed by atoms with Crippen molar-refractivity contribution >= 4 is 17.9 Å². The Morgan fingerprint density at radius 1 is 0.344 bits per heavy atom. The summed E-state index contributed by atoms with van der Waals surface area (Å²) in [5.41, 5.74) is 0. The Labute approximate surface area is 393 Å². The molecule has 0 amide bonds. The van der Waals surface area contributed by atoms with E-state index in [4.69, 9.17) is 14.2 Å². The van der Waals surface area contributed by atoms with Gasteiger partial charge in [0.1, 0.15) is 13.2 Å². The van der Waals surface area contributed by atoms with Gasteiger partial charge in [-0.1, -0.05) is 207 Å². The third-order valence-electron chi connectivity index (χ3n) is 10.6. The van der Waals surface area contributed by atoms with E-state index in [1.54, 1.807) is 0 Å². The second-order valence-corrected chi connectivity index (χ2v) is 16.7. The summed E-state index contributed by atoms with van der Waals surface area (Å²) in [6.45, 7) is 6.30. The molecule has 0 radical (unpaired) electrons. The number of hydrogen-bond donors (Lipinski definition) is 0. The van der Waals surface area contributed by atoms with Crippen LogP contribution >= 0.6 is 0 Å². The maximum Gasteiger partial charge on any atom is 0.306 e. The van der Waals surface area contributed by atoms with E-state index in [9.17, 15) is 14.4 Å². The average Bonchev–Trinajstić information content (AvgIpc) is 3.29. The van der Waals surface area contributed by atoms with E-state index in [1.807, 2.05) is 0 Å². The molecule has 0 N–H and O–H groups in total. The molecule has 1 atom stereocenters. The minimum atomic E-state index is -0.815. The van der Waals surface area contributed by atoms with Crippen molar-refractivity contribution in [2.75, 3.05) is 13.2 Å². The highest BCUT2D eigenvalue weighted by Gasteiger charge is 2.19. The van der Waals surface area contributed by atoms with Gasteiger partial charge in [-0.15, -0.1) is 0 Å². The Hall–Kier alpha value is -3.93.